The molecule has 1 aromatic heterocycles. The average Bonchev–Trinajstić information content (AvgIpc) is 2.97. The molecule has 1 N–H and O–H groups in total. The maximum Gasteiger partial charge on any atom is 0.329 e. The maximum absolute atomic E-state index is 13.1. The van der Waals surface area contributed by atoms with Gasteiger partial charge in [0, 0.05) is 6.54 Å². The third-order valence-electron chi connectivity index (χ3n) is 4.98. The quantitative estimate of drug-likeness (QED) is 0.559. The lowest BCUT2D eigenvalue weighted by Crippen LogP contribution is -2.25. The number of carboxylic acids is 1. The van der Waals surface area contributed by atoms with Crippen molar-refractivity contribution in [2.45, 2.75) is 19.5 Å². The first kappa shape index (κ1) is 17.9. The van der Waals surface area contributed by atoms with Gasteiger partial charge in [0.05, 0.1) is 31.1 Å². The number of aromatic nitrogens is 2. The van der Waals surface area contributed by atoms with Crippen LogP contribution in [0.25, 0.3) is 21.8 Å². The Morgan fingerprint density at radius 2 is 1.75 bits per heavy atom. The highest BCUT2D eigenvalue weighted by molar-refractivity contribution is 5.87. The van der Waals surface area contributed by atoms with E-state index in [9.17, 15) is 9.59 Å². The van der Waals surface area contributed by atoms with Crippen LogP contribution in [-0.4, -0.2) is 27.3 Å². The highest BCUT2D eigenvalue weighted by Gasteiger charge is 2.15. The van der Waals surface area contributed by atoms with Crippen LogP contribution in [0, 0.1) is 0 Å². The number of ether oxygens (including phenoxy) is 1. The van der Waals surface area contributed by atoms with E-state index in [0.29, 0.717) is 6.54 Å². The van der Waals surface area contributed by atoms with E-state index in [2.05, 4.69) is 0 Å². The largest absolute Gasteiger partial charge is 0.497 e. The zero-order chi connectivity index (χ0) is 19.7. The molecule has 6 nitrogen and oxygen atoms in total. The fourth-order valence-electron chi connectivity index (χ4n) is 3.61. The van der Waals surface area contributed by atoms with Gasteiger partial charge in [0.25, 0.3) is 0 Å². The Labute approximate surface area is 161 Å². The molecule has 0 aliphatic heterocycles. The lowest BCUT2D eigenvalue weighted by Gasteiger charge is -2.09. The van der Waals surface area contributed by atoms with E-state index in [1.165, 1.54) is 4.57 Å². The number of aryl methyl sites for hydroxylation is 1. The molecular formula is C22H20N2O4. The number of methoxy groups -OCH3 is 1. The molecular weight excluding hydrogens is 356 g/mol. The number of carbonyl (C=O) groups is 1. The van der Waals surface area contributed by atoms with Gasteiger partial charge in [-0.05, 0) is 40.6 Å². The average molecular weight is 376 g/mol. The van der Waals surface area contributed by atoms with E-state index in [4.69, 9.17) is 9.84 Å². The zero-order valence-electron chi connectivity index (χ0n) is 15.5. The Morgan fingerprint density at radius 3 is 2.46 bits per heavy atom. The van der Waals surface area contributed by atoms with E-state index >= 15 is 0 Å². The minimum Gasteiger partial charge on any atom is -0.497 e. The number of aliphatic carboxylic acids is 1. The minimum absolute atomic E-state index is 0.0953. The van der Waals surface area contributed by atoms with E-state index < -0.39 is 5.97 Å². The van der Waals surface area contributed by atoms with Crippen LogP contribution in [0.15, 0.2) is 65.5 Å². The van der Waals surface area contributed by atoms with Gasteiger partial charge in [-0.15, -0.1) is 0 Å². The van der Waals surface area contributed by atoms with Crippen molar-refractivity contribution < 1.29 is 14.6 Å². The summed E-state index contributed by atoms with van der Waals surface area (Å²) >= 11 is 0. The molecule has 0 radical (unpaired) electrons. The predicted molar refractivity (Wildman–Crippen MR) is 108 cm³/mol. The second kappa shape index (κ2) is 7.23. The van der Waals surface area contributed by atoms with E-state index in [1.54, 1.807) is 11.7 Å². The van der Waals surface area contributed by atoms with Gasteiger partial charge in [0.1, 0.15) is 5.75 Å². The number of benzene rings is 3. The third-order valence-corrected chi connectivity index (χ3v) is 4.98. The van der Waals surface area contributed by atoms with Gasteiger partial charge in [-0.3, -0.25) is 13.9 Å². The Balaban J connectivity index is 1.82. The van der Waals surface area contributed by atoms with E-state index in [0.717, 1.165) is 33.1 Å². The van der Waals surface area contributed by atoms with E-state index in [-0.39, 0.29) is 18.7 Å². The van der Waals surface area contributed by atoms with Crippen molar-refractivity contribution in [1.29, 1.82) is 0 Å². The number of para-hydroxylation sites is 2. The zero-order valence-corrected chi connectivity index (χ0v) is 15.5. The summed E-state index contributed by atoms with van der Waals surface area (Å²) in [5.41, 5.74) is 2.36. The van der Waals surface area contributed by atoms with Crippen molar-refractivity contribution in [2.75, 3.05) is 7.11 Å². The Hall–Kier alpha value is -3.54. The van der Waals surface area contributed by atoms with Crippen LogP contribution in [-0.2, 0) is 17.9 Å². The summed E-state index contributed by atoms with van der Waals surface area (Å²) in [4.78, 5) is 24.0. The molecule has 0 unspecified atom stereocenters. The minimum atomic E-state index is -0.924. The fraction of sp³-hybridized carbons (Fsp3) is 0.182. The molecule has 6 heteroatoms. The molecule has 3 aromatic carbocycles. The topological polar surface area (TPSA) is 73.5 Å². The summed E-state index contributed by atoms with van der Waals surface area (Å²) in [6.07, 6.45) is -0.0953. The van der Waals surface area contributed by atoms with Gasteiger partial charge in [-0.25, -0.2) is 4.79 Å². The first-order valence-electron chi connectivity index (χ1n) is 9.04. The van der Waals surface area contributed by atoms with Crippen LogP contribution >= 0.6 is 0 Å². The summed E-state index contributed by atoms with van der Waals surface area (Å²) in [6.45, 7) is 0.553. The van der Waals surface area contributed by atoms with Crippen molar-refractivity contribution in [3.63, 3.8) is 0 Å². The van der Waals surface area contributed by atoms with Crippen LogP contribution in [0.2, 0.25) is 0 Å². The molecule has 0 saturated carbocycles. The number of carboxylic acid groups (broad SMARTS) is 1. The Kier molecular flexibility index (Phi) is 4.61. The molecule has 0 fully saturated rings. The highest BCUT2D eigenvalue weighted by atomic mass is 16.5. The van der Waals surface area contributed by atoms with Crippen LogP contribution in [0.4, 0.5) is 0 Å². The maximum atomic E-state index is 13.1. The second-order valence-corrected chi connectivity index (χ2v) is 6.66. The van der Waals surface area contributed by atoms with Gasteiger partial charge in [-0.1, -0.05) is 36.4 Å². The first-order chi connectivity index (χ1) is 13.6. The molecule has 28 heavy (non-hydrogen) atoms. The van der Waals surface area contributed by atoms with Crippen molar-refractivity contribution >= 4 is 27.8 Å². The Bertz CT molecular complexity index is 1240. The predicted octanol–water partition coefficient (Wildman–Crippen LogP) is 3.49. The van der Waals surface area contributed by atoms with Crippen LogP contribution in [0.1, 0.15) is 12.0 Å². The fourth-order valence-corrected chi connectivity index (χ4v) is 3.61. The van der Waals surface area contributed by atoms with Gasteiger partial charge in [0.2, 0.25) is 0 Å². The number of nitrogens with zero attached hydrogens (tertiary/aromatic N) is 2. The van der Waals surface area contributed by atoms with Gasteiger partial charge < -0.3 is 9.84 Å². The standard InChI is InChI=1S/C22H20N2O4/c1-28-17-9-10-18-15(13-17)5-4-6-16(18)14-24-20-8-3-2-7-19(20)23(22(24)27)12-11-21(25)26/h2-10,13H,11-12,14H2,1H3,(H,25,26). The van der Waals surface area contributed by atoms with Gasteiger partial charge in [0.15, 0.2) is 0 Å². The molecule has 0 spiro atoms. The highest BCUT2D eigenvalue weighted by Crippen LogP contribution is 2.25. The van der Waals surface area contributed by atoms with Crippen LogP contribution in [0.5, 0.6) is 5.75 Å². The normalized spacial score (nSPS) is 11.2. The second-order valence-electron chi connectivity index (χ2n) is 6.66. The van der Waals surface area contributed by atoms with Crippen LogP contribution < -0.4 is 10.4 Å². The molecule has 0 aliphatic rings. The number of hydrogen-bond acceptors (Lipinski definition) is 3. The molecule has 0 aliphatic carbocycles. The Morgan fingerprint density at radius 1 is 1.00 bits per heavy atom. The van der Waals surface area contributed by atoms with Crippen molar-refractivity contribution in [3.8, 4) is 5.75 Å². The lowest BCUT2D eigenvalue weighted by atomic mass is 10.0. The molecule has 0 saturated heterocycles. The number of fused-ring (bicyclic) bond motifs is 2. The monoisotopic (exact) mass is 376 g/mol. The number of imidazole rings is 1. The number of rotatable bonds is 6. The van der Waals surface area contributed by atoms with Crippen molar-refractivity contribution in [2.24, 2.45) is 0 Å². The van der Waals surface area contributed by atoms with Crippen molar-refractivity contribution in [3.05, 3.63) is 76.7 Å². The molecule has 142 valence electrons. The van der Waals surface area contributed by atoms with E-state index in [1.807, 2.05) is 60.7 Å². The third kappa shape index (κ3) is 3.13. The number of hydrogen-bond donors (Lipinski definition) is 1. The molecule has 4 rings (SSSR count). The lowest BCUT2D eigenvalue weighted by molar-refractivity contribution is -0.137. The first-order valence-corrected chi connectivity index (χ1v) is 9.04. The summed E-state index contributed by atoms with van der Waals surface area (Å²) in [5, 5.41) is 11.1. The summed E-state index contributed by atoms with van der Waals surface area (Å²) in [7, 11) is 1.64. The summed E-state index contributed by atoms with van der Waals surface area (Å²) in [5.74, 6) is -0.140. The molecule has 1 heterocycles. The molecule has 4 aromatic rings. The van der Waals surface area contributed by atoms with Gasteiger partial charge in [-0.2, -0.15) is 0 Å². The summed E-state index contributed by atoms with van der Waals surface area (Å²) in [6, 6.07) is 19.3. The van der Waals surface area contributed by atoms with Gasteiger partial charge >= 0.3 is 11.7 Å². The smallest absolute Gasteiger partial charge is 0.329 e. The molecule has 0 bridgehead atoms. The summed E-state index contributed by atoms with van der Waals surface area (Å²) < 4.78 is 8.54. The van der Waals surface area contributed by atoms with Crippen LogP contribution in [0.3, 0.4) is 0 Å². The van der Waals surface area contributed by atoms with Crippen molar-refractivity contribution in [1.82, 2.24) is 9.13 Å². The SMILES string of the molecule is COc1ccc2c(Cn3c(=O)n(CCC(=O)O)c4ccccc43)cccc2c1. The molecule has 0 amide bonds. The molecule has 0 atom stereocenters.